The number of halogens is 1. The highest BCUT2D eigenvalue weighted by Crippen LogP contribution is 2.19. The van der Waals surface area contributed by atoms with Crippen LogP contribution in [0, 0.1) is 6.92 Å². The molecular formula is C16H25ClN2OS. The van der Waals surface area contributed by atoms with E-state index in [1.54, 1.807) is 6.07 Å². The number of anilines is 1. The molecule has 2 N–H and O–H groups in total. The fraction of sp³-hybridized carbons (Fsp3) is 0.562. The molecule has 1 aromatic carbocycles. The van der Waals surface area contributed by atoms with Gasteiger partial charge in [-0.05, 0) is 56.0 Å². The Bertz CT molecular complexity index is 440. The Hall–Kier alpha value is -0.710. The van der Waals surface area contributed by atoms with Gasteiger partial charge in [-0.2, -0.15) is 11.8 Å². The second-order valence-electron chi connectivity index (χ2n) is 5.09. The van der Waals surface area contributed by atoms with Crippen LogP contribution in [0.5, 0.6) is 0 Å². The van der Waals surface area contributed by atoms with Crippen molar-refractivity contribution >= 4 is 35.0 Å². The lowest BCUT2D eigenvalue weighted by atomic mass is 10.2. The van der Waals surface area contributed by atoms with Gasteiger partial charge in [0.25, 0.3) is 0 Å². The van der Waals surface area contributed by atoms with Gasteiger partial charge in [-0.3, -0.25) is 4.79 Å². The first-order valence-corrected chi connectivity index (χ1v) is 9.16. The lowest BCUT2D eigenvalue weighted by Gasteiger charge is -2.09. The fourth-order valence-corrected chi connectivity index (χ4v) is 2.64. The Kier molecular flexibility index (Phi) is 9.55. The van der Waals surface area contributed by atoms with Crippen LogP contribution in [0.15, 0.2) is 18.2 Å². The Morgan fingerprint density at radius 1 is 1.24 bits per heavy atom. The van der Waals surface area contributed by atoms with Crippen LogP contribution in [0.25, 0.3) is 0 Å². The molecule has 0 bridgehead atoms. The smallest absolute Gasteiger partial charge is 0.238 e. The molecule has 0 spiro atoms. The second-order valence-corrected chi connectivity index (χ2v) is 6.51. The van der Waals surface area contributed by atoms with Crippen LogP contribution >= 0.6 is 23.4 Å². The number of hydrogen-bond donors (Lipinski definition) is 2. The molecule has 21 heavy (non-hydrogen) atoms. The predicted molar refractivity (Wildman–Crippen MR) is 94.5 cm³/mol. The van der Waals surface area contributed by atoms with E-state index in [4.69, 9.17) is 11.6 Å². The molecule has 0 radical (unpaired) electrons. The highest BCUT2D eigenvalue weighted by atomic mass is 35.5. The Balaban J connectivity index is 2.13. The minimum absolute atomic E-state index is 0.0252. The molecular weight excluding hydrogens is 304 g/mol. The number of rotatable bonds is 10. The van der Waals surface area contributed by atoms with Crippen molar-refractivity contribution in [2.24, 2.45) is 0 Å². The molecule has 0 saturated heterocycles. The maximum absolute atomic E-state index is 11.8. The predicted octanol–water partition coefficient (Wildman–Crippen LogP) is 4.10. The van der Waals surface area contributed by atoms with Crippen molar-refractivity contribution in [2.75, 3.05) is 30.4 Å². The van der Waals surface area contributed by atoms with Gasteiger partial charge in [-0.1, -0.05) is 30.5 Å². The summed E-state index contributed by atoms with van der Waals surface area (Å²) in [6.07, 6.45) is 7.05. The normalized spacial score (nSPS) is 10.6. The van der Waals surface area contributed by atoms with Crippen LogP contribution < -0.4 is 10.6 Å². The van der Waals surface area contributed by atoms with Crippen molar-refractivity contribution in [1.29, 1.82) is 0 Å². The third-order valence-corrected chi connectivity index (χ3v) is 4.14. The molecule has 0 unspecified atom stereocenters. The molecule has 1 rings (SSSR count). The van der Waals surface area contributed by atoms with Crippen molar-refractivity contribution in [3.05, 3.63) is 28.8 Å². The molecule has 0 aliphatic rings. The molecule has 0 aliphatic carbocycles. The third kappa shape index (κ3) is 8.34. The zero-order valence-electron chi connectivity index (χ0n) is 12.9. The lowest BCUT2D eigenvalue weighted by Crippen LogP contribution is -2.29. The maximum atomic E-state index is 11.8. The van der Waals surface area contributed by atoms with Gasteiger partial charge in [0.2, 0.25) is 5.91 Å². The first kappa shape index (κ1) is 18.3. The summed E-state index contributed by atoms with van der Waals surface area (Å²) in [4.78, 5) is 11.8. The van der Waals surface area contributed by atoms with E-state index in [-0.39, 0.29) is 5.91 Å². The SMILES string of the molecule is CSCCCCCCNCC(=O)Nc1cc(Cl)ccc1C. The highest BCUT2D eigenvalue weighted by Gasteiger charge is 2.04. The van der Waals surface area contributed by atoms with Gasteiger partial charge < -0.3 is 10.6 Å². The molecule has 0 heterocycles. The topological polar surface area (TPSA) is 41.1 Å². The maximum Gasteiger partial charge on any atom is 0.238 e. The van der Waals surface area contributed by atoms with E-state index in [1.807, 2.05) is 30.8 Å². The number of carbonyl (C=O) groups is 1. The molecule has 1 aromatic rings. The van der Waals surface area contributed by atoms with Gasteiger partial charge in [0.05, 0.1) is 6.54 Å². The minimum atomic E-state index is -0.0252. The summed E-state index contributed by atoms with van der Waals surface area (Å²) in [5.41, 5.74) is 1.80. The number of hydrogen-bond acceptors (Lipinski definition) is 3. The number of benzene rings is 1. The molecule has 0 atom stereocenters. The average molecular weight is 329 g/mol. The largest absolute Gasteiger partial charge is 0.325 e. The van der Waals surface area contributed by atoms with Crippen molar-refractivity contribution in [3.63, 3.8) is 0 Å². The number of carbonyl (C=O) groups excluding carboxylic acids is 1. The summed E-state index contributed by atoms with van der Waals surface area (Å²) >= 11 is 7.83. The van der Waals surface area contributed by atoms with E-state index < -0.39 is 0 Å². The zero-order valence-corrected chi connectivity index (χ0v) is 14.4. The standard InChI is InChI=1S/C16H25ClN2OS/c1-13-7-8-14(17)11-15(13)19-16(20)12-18-9-5-3-4-6-10-21-2/h7-8,11,18H,3-6,9-10,12H2,1-2H3,(H,19,20). The molecule has 118 valence electrons. The number of unbranched alkanes of at least 4 members (excludes halogenated alkanes) is 3. The van der Waals surface area contributed by atoms with Crippen LogP contribution in [0.1, 0.15) is 31.2 Å². The first-order valence-electron chi connectivity index (χ1n) is 7.39. The minimum Gasteiger partial charge on any atom is -0.325 e. The average Bonchev–Trinajstić information content (AvgIpc) is 2.46. The van der Waals surface area contributed by atoms with Gasteiger partial charge in [-0.15, -0.1) is 0 Å². The summed E-state index contributed by atoms with van der Waals surface area (Å²) in [6.45, 7) is 3.19. The van der Waals surface area contributed by atoms with Gasteiger partial charge in [0, 0.05) is 10.7 Å². The van der Waals surface area contributed by atoms with Gasteiger partial charge in [-0.25, -0.2) is 0 Å². The molecule has 3 nitrogen and oxygen atoms in total. The molecule has 0 saturated carbocycles. The molecule has 0 aliphatic heterocycles. The molecule has 0 fully saturated rings. The van der Waals surface area contributed by atoms with Crippen molar-refractivity contribution in [2.45, 2.75) is 32.6 Å². The summed E-state index contributed by atoms with van der Waals surface area (Å²) in [5, 5.41) is 6.69. The number of nitrogens with one attached hydrogen (secondary N) is 2. The summed E-state index contributed by atoms with van der Waals surface area (Å²) in [5.74, 6) is 1.22. The van der Waals surface area contributed by atoms with E-state index in [9.17, 15) is 4.79 Å². The van der Waals surface area contributed by atoms with Crippen molar-refractivity contribution in [3.8, 4) is 0 Å². The van der Waals surface area contributed by atoms with Crippen LogP contribution in [0.2, 0.25) is 5.02 Å². The van der Waals surface area contributed by atoms with E-state index in [1.165, 1.54) is 25.0 Å². The fourth-order valence-electron chi connectivity index (χ4n) is 1.98. The molecule has 0 aromatic heterocycles. The highest BCUT2D eigenvalue weighted by molar-refractivity contribution is 7.98. The van der Waals surface area contributed by atoms with Gasteiger partial charge in [0.1, 0.15) is 0 Å². The van der Waals surface area contributed by atoms with Crippen LogP contribution in [-0.2, 0) is 4.79 Å². The van der Waals surface area contributed by atoms with Crippen LogP contribution in [0.4, 0.5) is 5.69 Å². The molecule has 1 amide bonds. The Morgan fingerprint density at radius 2 is 2.00 bits per heavy atom. The zero-order chi connectivity index (χ0) is 15.5. The Morgan fingerprint density at radius 3 is 2.76 bits per heavy atom. The van der Waals surface area contributed by atoms with E-state index in [0.29, 0.717) is 11.6 Å². The van der Waals surface area contributed by atoms with E-state index >= 15 is 0 Å². The van der Waals surface area contributed by atoms with Crippen molar-refractivity contribution in [1.82, 2.24) is 5.32 Å². The first-order chi connectivity index (χ1) is 10.1. The lowest BCUT2D eigenvalue weighted by molar-refractivity contribution is -0.115. The van der Waals surface area contributed by atoms with Crippen LogP contribution in [-0.4, -0.2) is 31.0 Å². The van der Waals surface area contributed by atoms with Gasteiger partial charge in [0.15, 0.2) is 0 Å². The van der Waals surface area contributed by atoms with Crippen molar-refractivity contribution < 1.29 is 4.79 Å². The van der Waals surface area contributed by atoms with E-state index in [2.05, 4.69) is 16.9 Å². The monoisotopic (exact) mass is 328 g/mol. The summed E-state index contributed by atoms with van der Waals surface area (Å²) < 4.78 is 0. The number of aryl methyl sites for hydroxylation is 1. The third-order valence-electron chi connectivity index (χ3n) is 3.21. The van der Waals surface area contributed by atoms with E-state index in [0.717, 1.165) is 24.2 Å². The second kappa shape index (κ2) is 10.9. The van der Waals surface area contributed by atoms with Crippen LogP contribution in [0.3, 0.4) is 0 Å². The summed E-state index contributed by atoms with van der Waals surface area (Å²) in [6, 6.07) is 5.50. The quantitative estimate of drug-likeness (QED) is 0.635. The van der Waals surface area contributed by atoms with Gasteiger partial charge >= 0.3 is 0 Å². The number of amides is 1. The number of thioether (sulfide) groups is 1. The molecule has 5 heteroatoms. The summed E-state index contributed by atoms with van der Waals surface area (Å²) in [7, 11) is 0. The Labute approximate surface area is 137 Å².